The van der Waals surface area contributed by atoms with Crippen LogP contribution in [0.4, 0.5) is 0 Å². The van der Waals surface area contributed by atoms with E-state index in [2.05, 4.69) is 4.89 Å². The van der Waals surface area contributed by atoms with E-state index in [4.69, 9.17) is 14.7 Å². The van der Waals surface area contributed by atoms with Gasteiger partial charge in [-0.2, -0.15) is 0 Å². The number of aliphatic carboxylic acids is 1. The summed E-state index contributed by atoms with van der Waals surface area (Å²) < 4.78 is 30.2. The van der Waals surface area contributed by atoms with Crippen LogP contribution >= 0.6 is 0 Å². The fraction of sp³-hybridized carbons (Fsp3) is 0.208. The minimum atomic E-state index is -3.68. The van der Waals surface area contributed by atoms with E-state index in [0.29, 0.717) is 18.6 Å². The van der Waals surface area contributed by atoms with Gasteiger partial charge >= 0.3 is 5.97 Å². The number of carboxylic acids is 1. The lowest BCUT2D eigenvalue weighted by Gasteiger charge is -2.19. The highest BCUT2D eigenvalue weighted by atomic mass is 32.2. The summed E-state index contributed by atoms with van der Waals surface area (Å²) in [5.74, 6) is -0.747. The standard InChI is InChI=1S/C24H25NO6S/c26-23(27)18-30-22-15-7-9-19(17-22)10-8-16-32(28,29)25-31-24(20-11-3-1-4-12-20)21-13-5-2-6-14-21/h1-7,9,11-15,17,24-25H,8,10,16,18H2,(H,26,27). The number of sulfonamides is 1. The molecule has 0 bridgehead atoms. The molecule has 8 heteroatoms. The van der Waals surface area contributed by atoms with Crippen LogP contribution in [-0.4, -0.2) is 31.9 Å². The van der Waals surface area contributed by atoms with Crippen molar-refractivity contribution in [3.05, 3.63) is 102 Å². The molecule has 3 aromatic rings. The molecule has 0 amide bonds. The molecule has 0 radical (unpaired) electrons. The van der Waals surface area contributed by atoms with Gasteiger partial charge in [0.15, 0.2) is 6.61 Å². The van der Waals surface area contributed by atoms with Crippen molar-refractivity contribution in [2.24, 2.45) is 0 Å². The third kappa shape index (κ3) is 7.49. The number of nitrogens with one attached hydrogen (secondary N) is 1. The van der Waals surface area contributed by atoms with Gasteiger partial charge in [0, 0.05) is 0 Å². The second-order valence-corrected chi connectivity index (χ2v) is 8.96. The number of hydrogen-bond acceptors (Lipinski definition) is 5. The summed E-state index contributed by atoms with van der Waals surface area (Å²) in [6, 6.07) is 25.7. The maximum absolute atomic E-state index is 12.5. The van der Waals surface area contributed by atoms with Crippen LogP contribution in [0.1, 0.15) is 29.2 Å². The quantitative estimate of drug-likeness (QED) is 0.404. The van der Waals surface area contributed by atoms with Crippen molar-refractivity contribution in [1.82, 2.24) is 4.89 Å². The molecule has 2 N–H and O–H groups in total. The fourth-order valence-corrected chi connectivity index (χ4v) is 4.00. The molecule has 0 aromatic heterocycles. The van der Waals surface area contributed by atoms with E-state index in [0.717, 1.165) is 16.7 Å². The maximum Gasteiger partial charge on any atom is 0.341 e. The van der Waals surface area contributed by atoms with Crippen molar-refractivity contribution in [2.45, 2.75) is 18.9 Å². The zero-order valence-electron chi connectivity index (χ0n) is 17.4. The van der Waals surface area contributed by atoms with E-state index < -0.39 is 28.7 Å². The van der Waals surface area contributed by atoms with E-state index in [1.165, 1.54) is 0 Å². The van der Waals surface area contributed by atoms with Crippen LogP contribution in [0.5, 0.6) is 5.75 Å². The first kappa shape index (κ1) is 23.5. The normalized spacial score (nSPS) is 11.4. The molecule has 168 valence electrons. The van der Waals surface area contributed by atoms with Gasteiger partial charge in [-0.05, 0) is 41.7 Å². The topological polar surface area (TPSA) is 102 Å². The summed E-state index contributed by atoms with van der Waals surface area (Å²) in [5.41, 5.74) is 2.52. The number of hydrogen-bond donors (Lipinski definition) is 2. The summed E-state index contributed by atoms with van der Waals surface area (Å²) in [6.45, 7) is -0.427. The molecule has 0 fully saturated rings. The first-order chi connectivity index (χ1) is 15.4. The van der Waals surface area contributed by atoms with Crippen molar-refractivity contribution in [1.29, 1.82) is 0 Å². The molecule has 0 aliphatic carbocycles. The molecule has 0 saturated carbocycles. The Bertz CT molecular complexity index is 1060. The van der Waals surface area contributed by atoms with Crippen molar-refractivity contribution in [3.63, 3.8) is 0 Å². The molecule has 3 aromatic carbocycles. The molecule has 7 nitrogen and oxygen atoms in total. The van der Waals surface area contributed by atoms with Crippen molar-refractivity contribution in [3.8, 4) is 5.75 Å². The third-order valence-corrected chi connectivity index (χ3v) is 5.81. The second-order valence-electron chi connectivity index (χ2n) is 7.15. The van der Waals surface area contributed by atoms with Gasteiger partial charge in [0.1, 0.15) is 11.9 Å². The van der Waals surface area contributed by atoms with Crippen LogP contribution in [0.25, 0.3) is 0 Å². The van der Waals surface area contributed by atoms with E-state index in [9.17, 15) is 13.2 Å². The Morgan fingerprint density at radius 2 is 1.53 bits per heavy atom. The molecule has 0 unspecified atom stereocenters. The molecule has 0 heterocycles. The molecule has 0 aliphatic rings. The summed E-state index contributed by atoms with van der Waals surface area (Å²) >= 11 is 0. The van der Waals surface area contributed by atoms with Crippen molar-refractivity contribution >= 4 is 16.0 Å². The fourth-order valence-electron chi connectivity index (χ4n) is 3.15. The van der Waals surface area contributed by atoms with Gasteiger partial charge in [-0.1, -0.05) is 77.7 Å². The monoisotopic (exact) mass is 455 g/mol. The van der Waals surface area contributed by atoms with Crippen LogP contribution in [-0.2, 0) is 26.1 Å². The Labute approximate surface area is 187 Å². The van der Waals surface area contributed by atoms with E-state index in [-0.39, 0.29) is 5.75 Å². The summed E-state index contributed by atoms with van der Waals surface area (Å²) in [4.78, 5) is 18.5. The average Bonchev–Trinajstić information content (AvgIpc) is 2.79. The van der Waals surface area contributed by atoms with Crippen LogP contribution < -0.4 is 9.62 Å². The zero-order valence-corrected chi connectivity index (χ0v) is 18.2. The molecule has 0 spiro atoms. The predicted octanol–water partition coefficient (Wildman–Crippen LogP) is 3.72. The number of carbonyl (C=O) groups is 1. The number of benzene rings is 3. The highest BCUT2D eigenvalue weighted by Crippen LogP contribution is 2.25. The van der Waals surface area contributed by atoms with Crippen molar-refractivity contribution in [2.75, 3.05) is 12.4 Å². The van der Waals surface area contributed by atoms with Gasteiger partial charge in [0.2, 0.25) is 10.0 Å². The molecule has 0 saturated heterocycles. The molecule has 3 rings (SSSR count). The van der Waals surface area contributed by atoms with Gasteiger partial charge in [-0.3, -0.25) is 4.84 Å². The smallest absolute Gasteiger partial charge is 0.341 e. The summed E-state index contributed by atoms with van der Waals surface area (Å²) in [7, 11) is -3.68. The maximum atomic E-state index is 12.5. The SMILES string of the molecule is O=C(O)COc1cccc(CCCS(=O)(=O)NOC(c2ccccc2)c2ccccc2)c1. The van der Waals surface area contributed by atoms with Gasteiger partial charge in [0.05, 0.1) is 5.75 Å². The number of carboxylic acid groups (broad SMARTS) is 1. The minimum absolute atomic E-state index is 0.122. The molecular weight excluding hydrogens is 430 g/mol. The summed E-state index contributed by atoms with van der Waals surface area (Å²) in [6.07, 6.45) is 0.282. The summed E-state index contributed by atoms with van der Waals surface area (Å²) in [5, 5.41) is 8.70. The van der Waals surface area contributed by atoms with E-state index in [1.807, 2.05) is 66.7 Å². The Morgan fingerprint density at radius 3 is 2.12 bits per heavy atom. The Morgan fingerprint density at radius 1 is 0.906 bits per heavy atom. The Kier molecular flexibility index (Phi) is 8.38. The van der Waals surface area contributed by atoms with Gasteiger partial charge in [-0.25, -0.2) is 13.2 Å². The van der Waals surface area contributed by atoms with Crippen LogP contribution in [0.15, 0.2) is 84.9 Å². The first-order valence-corrected chi connectivity index (χ1v) is 11.8. The molecule has 32 heavy (non-hydrogen) atoms. The minimum Gasteiger partial charge on any atom is -0.482 e. The number of ether oxygens (including phenoxy) is 1. The lowest BCUT2D eigenvalue weighted by Crippen LogP contribution is -2.29. The van der Waals surface area contributed by atoms with Gasteiger partial charge in [0.25, 0.3) is 0 Å². The number of aryl methyl sites for hydroxylation is 1. The van der Waals surface area contributed by atoms with E-state index in [1.54, 1.807) is 18.2 Å². The van der Waals surface area contributed by atoms with Gasteiger partial charge < -0.3 is 9.84 Å². The lowest BCUT2D eigenvalue weighted by atomic mass is 10.0. The highest BCUT2D eigenvalue weighted by molar-refractivity contribution is 7.89. The van der Waals surface area contributed by atoms with E-state index >= 15 is 0 Å². The largest absolute Gasteiger partial charge is 0.482 e. The highest BCUT2D eigenvalue weighted by Gasteiger charge is 2.19. The molecule has 0 atom stereocenters. The lowest BCUT2D eigenvalue weighted by molar-refractivity contribution is -0.139. The van der Waals surface area contributed by atoms with Crippen LogP contribution in [0, 0.1) is 0 Å². The predicted molar refractivity (Wildman–Crippen MR) is 121 cm³/mol. The third-order valence-electron chi connectivity index (χ3n) is 4.64. The Hall–Kier alpha value is -3.20. The first-order valence-electron chi connectivity index (χ1n) is 10.1. The Balaban J connectivity index is 1.56. The zero-order chi connectivity index (χ0) is 22.8. The van der Waals surface area contributed by atoms with Crippen LogP contribution in [0.3, 0.4) is 0 Å². The average molecular weight is 456 g/mol. The van der Waals surface area contributed by atoms with Crippen LogP contribution in [0.2, 0.25) is 0 Å². The molecule has 0 aliphatic heterocycles. The van der Waals surface area contributed by atoms with Gasteiger partial charge in [-0.15, -0.1) is 0 Å². The van der Waals surface area contributed by atoms with Crippen molar-refractivity contribution < 1.29 is 27.9 Å². The molecular formula is C24H25NO6S. The second kappa shape index (κ2) is 11.4. The number of rotatable bonds is 12.